The van der Waals surface area contributed by atoms with Crippen LogP contribution in [0.4, 0.5) is 0 Å². The number of ether oxygens (including phenoxy) is 1. The highest BCUT2D eigenvalue weighted by Gasteiger charge is 2.11. The first-order valence-corrected chi connectivity index (χ1v) is 9.41. The molecule has 1 amide bonds. The van der Waals surface area contributed by atoms with Crippen LogP contribution in [-0.2, 0) is 11.2 Å². The van der Waals surface area contributed by atoms with Crippen molar-refractivity contribution in [3.63, 3.8) is 0 Å². The summed E-state index contributed by atoms with van der Waals surface area (Å²) in [7, 11) is 1.67. The van der Waals surface area contributed by atoms with Gasteiger partial charge in [0.05, 0.1) is 7.11 Å². The van der Waals surface area contributed by atoms with E-state index in [4.69, 9.17) is 4.74 Å². The molecule has 2 rings (SSSR count). The van der Waals surface area contributed by atoms with Gasteiger partial charge < -0.3 is 15.4 Å². The molecule has 24 heavy (non-hydrogen) atoms. The van der Waals surface area contributed by atoms with Crippen molar-refractivity contribution in [2.75, 3.05) is 20.2 Å². The van der Waals surface area contributed by atoms with Gasteiger partial charge in [0.25, 0.3) is 0 Å². The van der Waals surface area contributed by atoms with Crippen LogP contribution < -0.4 is 15.4 Å². The molecule has 1 aromatic rings. The maximum Gasteiger partial charge on any atom is 0.220 e. The van der Waals surface area contributed by atoms with Crippen molar-refractivity contribution in [2.24, 2.45) is 0 Å². The minimum atomic E-state index is 0.158. The minimum absolute atomic E-state index is 0.158. The van der Waals surface area contributed by atoms with Crippen molar-refractivity contribution < 1.29 is 9.53 Å². The monoisotopic (exact) mass is 332 g/mol. The third kappa shape index (κ3) is 7.35. The van der Waals surface area contributed by atoms with Crippen LogP contribution in [0.3, 0.4) is 0 Å². The van der Waals surface area contributed by atoms with Crippen molar-refractivity contribution in [1.29, 1.82) is 0 Å². The minimum Gasteiger partial charge on any atom is -0.497 e. The summed E-state index contributed by atoms with van der Waals surface area (Å²) in [5.74, 6) is 1.03. The fraction of sp³-hybridized carbons (Fsp3) is 0.650. The topological polar surface area (TPSA) is 50.4 Å². The number of nitrogens with one attached hydrogen (secondary N) is 2. The molecule has 1 saturated carbocycles. The third-order valence-corrected chi connectivity index (χ3v) is 4.76. The number of methoxy groups -OCH3 is 1. The van der Waals surface area contributed by atoms with Crippen LogP contribution in [0.5, 0.6) is 5.75 Å². The average molecular weight is 332 g/mol. The van der Waals surface area contributed by atoms with E-state index >= 15 is 0 Å². The van der Waals surface area contributed by atoms with Crippen molar-refractivity contribution in [1.82, 2.24) is 10.6 Å². The van der Waals surface area contributed by atoms with Crippen LogP contribution in [0.15, 0.2) is 24.3 Å². The Kier molecular flexibility index (Phi) is 8.67. The predicted octanol–water partition coefficient (Wildman–Crippen LogP) is 3.45. The van der Waals surface area contributed by atoms with E-state index in [1.165, 1.54) is 44.1 Å². The summed E-state index contributed by atoms with van der Waals surface area (Å²) in [4.78, 5) is 11.9. The third-order valence-electron chi connectivity index (χ3n) is 4.76. The lowest BCUT2D eigenvalue weighted by atomic mass is 10.1. The van der Waals surface area contributed by atoms with Gasteiger partial charge in [-0.05, 0) is 43.4 Å². The first kappa shape index (κ1) is 18.8. The van der Waals surface area contributed by atoms with Crippen LogP contribution in [0.1, 0.15) is 56.9 Å². The number of hydrogen-bond donors (Lipinski definition) is 2. The Balaban J connectivity index is 1.51. The summed E-state index contributed by atoms with van der Waals surface area (Å²) < 4.78 is 5.15. The molecule has 1 aliphatic rings. The van der Waals surface area contributed by atoms with E-state index in [1.54, 1.807) is 7.11 Å². The van der Waals surface area contributed by atoms with Crippen molar-refractivity contribution in [2.45, 2.75) is 63.8 Å². The number of aryl methyl sites for hydroxylation is 1. The number of hydrogen-bond acceptors (Lipinski definition) is 3. The molecule has 0 heterocycles. The van der Waals surface area contributed by atoms with E-state index in [-0.39, 0.29) is 5.91 Å². The largest absolute Gasteiger partial charge is 0.497 e. The summed E-state index contributed by atoms with van der Waals surface area (Å²) in [6.07, 6.45) is 10.4. The maximum absolute atomic E-state index is 11.9. The van der Waals surface area contributed by atoms with Crippen LogP contribution in [0.25, 0.3) is 0 Å². The van der Waals surface area contributed by atoms with Crippen LogP contribution in [0, 0.1) is 0 Å². The van der Waals surface area contributed by atoms with Crippen LogP contribution >= 0.6 is 0 Å². The molecular formula is C20H32N2O2. The first-order valence-electron chi connectivity index (χ1n) is 9.41. The molecule has 2 N–H and O–H groups in total. The molecule has 1 aliphatic carbocycles. The van der Waals surface area contributed by atoms with Gasteiger partial charge in [0, 0.05) is 25.6 Å². The molecule has 0 saturated heterocycles. The molecule has 1 aromatic carbocycles. The highest BCUT2D eigenvalue weighted by atomic mass is 16.5. The van der Waals surface area contributed by atoms with E-state index in [0.717, 1.165) is 31.7 Å². The van der Waals surface area contributed by atoms with Gasteiger partial charge in [-0.2, -0.15) is 0 Å². The molecule has 1 fully saturated rings. The zero-order chi connectivity index (χ0) is 17.0. The smallest absolute Gasteiger partial charge is 0.220 e. The van der Waals surface area contributed by atoms with Gasteiger partial charge in [0.2, 0.25) is 5.91 Å². The number of carbonyl (C=O) groups excluding carboxylic acids is 1. The highest BCUT2D eigenvalue weighted by Crippen LogP contribution is 2.17. The fourth-order valence-electron chi connectivity index (χ4n) is 3.30. The Morgan fingerprint density at radius 2 is 1.79 bits per heavy atom. The second-order valence-corrected chi connectivity index (χ2v) is 6.69. The summed E-state index contributed by atoms with van der Waals surface area (Å²) in [5.41, 5.74) is 1.25. The van der Waals surface area contributed by atoms with Crippen LogP contribution in [-0.4, -0.2) is 32.1 Å². The van der Waals surface area contributed by atoms with Gasteiger partial charge in [-0.3, -0.25) is 4.79 Å². The predicted molar refractivity (Wildman–Crippen MR) is 98.4 cm³/mol. The second-order valence-electron chi connectivity index (χ2n) is 6.69. The molecule has 0 aromatic heterocycles. The summed E-state index contributed by atoms with van der Waals surface area (Å²) >= 11 is 0. The molecule has 0 spiro atoms. The zero-order valence-corrected chi connectivity index (χ0v) is 15.0. The summed E-state index contributed by atoms with van der Waals surface area (Å²) in [6.45, 7) is 1.62. The quantitative estimate of drug-likeness (QED) is 0.538. The normalized spacial score (nSPS) is 15.7. The Labute approximate surface area is 146 Å². The molecule has 0 radical (unpaired) electrons. The van der Waals surface area contributed by atoms with E-state index < -0.39 is 0 Å². The fourth-order valence-corrected chi connectivity index (χ4v) is 3.30. The van der Waals surface area contributed by atoms with Gasteiger partial charge in [0.15, 0.2) is 0 Å². The van der Waals surface area contributed by atoms with Crippen molar-refractivity contribution >= 4 is 5.91 Å². The summed E-state index contributed by atoms with van der Waals surface area (Å²) in [5, 5.41) is 6.60. The Bertz CT molecular complexity index is 465. The average Bonchev–Trinajstić information content (AvgIpc) is 2.88. The lowest BCUT2D eigenvalue weighted by Crippen LogP contribution is -2.36. The van der Waals surface area contributed by atoms with Gasteiger partial charge in [-0.1, -0.05) is 37.8 Å². The molecule has 4 nitrogen and oxygen atoms in total. The van der Waals surface area contributed by atoms with Gasteiger partial charge in [0.1, 0.15) is 5.75 Å². The highest BCUT2D eigenvalue weighted by molar-refractivity contribution is 5.75. The standard InChI is InChI=1S/C20H32N2O2/c1-24-19-13-11-17(12-14-19)7-6-10-20(23)22-16-15-21-18-8-4-2-3-5-9-18/h11-14,18,21H,2-10,15-16H2,1H3,(H,22,23). The number of amides is 1. The lowest BCUT2D eigenvalue weighted by Gasteiger charge is -2.16. The summed E-state index contributed by atoms with van der Waals surface area (Å²) in [6, 6.07) is 8.71. The van der Waals surface area contributed by atoms with E-state index in [9.17, 15) is 4.79 Å². The first-order chi connectivity index (χ1) is 11.8. The van der Waals surface area contributed by atoms with Gasteiger partial charge in [-0.25, -0.2) is 0 Å². The van der Waals surface area contributed by atoms with Gasteiger partial charge in [-0.15, -0.1) is 0 Å². The van der Waals surface area contributed by atoms with Crippen molar-refractivity contribution in [3.8, 4) is 5.75 Å². The van der Waals surface area contributed by atoms with Crippen molar-refractivity contribution in [3.05, 3.63) is 29.8 Å². The molecule has 4 heteroatoms. The molecule has 0 atom stereocenters. The lowest BCUT2D eigenvalue weighted by molar-refractivity contribution is -0.121. The van der Waals surface area contributed by atoms with E-state index in [2.05, 4.69) is 22.8 Å². The Morgan fingerprint density at radius 1 is 1.08 bits per heavy atom. The number of carbonyl (C=O) groups is 1. The SMILES string of the molecule is COc1ccc(CCCC(=O)NCCNC2CCCCCC2)cc1. The Hall–Kier alpha value is -1.55. The molecule has 0 unspecified atom stereocenters. The van der Waals surface area contributed by atoms with E-state index in [0.29, 0.717) is 12.5 Å². The molecule has 134 valence electrons. The van der Waals surface area contributed by atoms with Crippen LogP contribution in [0.2, 0.25) is 0 Å². The van der Waals surface area contributed by atoms with E-state index in [1.807, 2.05) is 12.1 Å². The van der Waals surface area contributed by atoms with Gasteiger partial charge >= 0.3 is 0 Å². The Morgan fingerprint density at radius 3 is 2.46 bits per heavy atom. The molecular weight excluding hydrogens is 300 g/mol. The number of benzene rings is 1. The zero-order valence-electron chi connectivity index (χ0n) is 15.0. The maximum atomic E-state index is 11.9. The molecule has 0 bridgehead atoms. The number of rotatable bonds is 9. The second kappa shape index (κ2) is 11.1. The molecule has 0 aliphatic heterocycles.